The van der Waals surface area contributed by atoms with E-state index in [1.807, 2.05) is 54.6 Å². The van der Waals surface area contributed by atoms with Gasteiger partial charge in [0.15, 0.2) is 0 Å². The van der Waals surface area contributed by atoms with E-state index in [4.69, 9.17) is 11.6 Å². The van der Waals surface area contributed by atoms with Gasteiger partial charge in [-0.3, -0.25) is 0 Å². The maximum Gasteiger partial charge on any atom is 0.323 e. The standard InChI is InChI=1S/C19H15ClN2OS/c20-14-7-6-8-15(13-14)21-19(23)22-17-11-4-5-12-18(17)24-16-9-2-1-3-10-16/h1-13H,(H2,21,22,23). The van der Waals surface area contributed by atoms with Gasteiger partial charge < -0.3 is 10.6 Å². The first-order valence-corrected chi connectivity index (χ1v) is 8.56. The smallest absolute Gasteiger partial charge is 0.308 e. The Balaban J connectivity index is 1.72. The molecule has 0 aromatic heterocycles. The summed E-state index contributed by atoms with van der Waals surface area (Å²) in [7, 11) is 0. The summed E-state index contributed by atoms with van der Waals surface area (Å²) in [5.74, 6) is 0. The number of rotatable bonds is 4. The van der Waals surface area contributed by atoms with Crippen molar-refractivity contribution in [2.24, 2.45) is 0 Å². The van der Waals surface area contributed by atoms with E-state index in [1.165, 1.54) is 0 Å². The molecule has 3 nitrogen and oxygen atoms in total. The Hall–Kier alpha value is -2.43. The molecule has 0 saturated heterocycles. The van der Waals surface area contributed by atoms with Crippen molar-refractivity contribution in [3.63, 3.8) is 0 Å². The van der Waals surface area contributed by atoms with Crippen LogP contribution in [0.5, 0.6) is 0 Å². The SMILES string of the molecule is O=C(Nc1cccc(Cl)c1)Nc1ccccc1Sc1ccccc1. The molecule has 3 rings (SSSR count). The third-order valence-corrected chi connectivity index (χ3v) is 4.51. The fraction of sp³-hybridized carbons (Fsp3) is 0. The highest BCUT2D eigenvalue weighted by molar-refractivity contribution is 7.99. The van der Waals surface area contributed by atoms with Crippen molar-refractivity contribution in [1.82, 2.24) is 0 Å². The number of nitrogens with one attached hydrogen (secondary N) is 2. The first-order valence-electron chi connectivity index (χ1n) is 7.36. The monoisotopic (exact) mass is 354 g/mol. The van der Waals surface area contributed by atoms with Gasteiger partial charge in [-0.2, -0.15) is 0 Å². The van der Waals surface area contributed by atoms with Crippen LogP contribution in [0.15, 0.2) is 88.7 Å². The molecule has 0 aliphatic heterocycles. The van der Waals surface area contributed by atoms with Crippen molar-refractivity contribution in [3.8, 4) is 0 Å². The average molecular weight is 355 g/mol. The zero-order valence-electron chi connectivity index (χ0n) is 12.7. The summed E-state index contributed by atoms with van der Waals surface area (Å²) in [5.41, 5.74) is 1.40. The van der Waals surface area contributed by atoms with Crippen LogP contribution in [0.2, 0.25) is 5.02 Å². The third-order valence-electron chi connectivity index (χ3n) is 3.19. The van der Waals surface area contributed by atoms with Crippen LogP contribution in [-0.2, 0) is 0 Å². The normalized spacial score (nSPS) is 10.2. The Bertz CT molecular complexity index is 840. The molecule has 2 amide bonds. The van der Waals surface area contributed by atoms with Crippen LogP contribution in [0, 0.1) is 0 Å². The zero-order chi connectivity index (χ0) is 16.8. The van der Waals surface area contributed by atoms with Gasteiger partial charge in [0.25, 0.3) is 0 Å². The molecule has 120 valence electrons. The number of carbonyl (C=O) groups excluding carboxylic acids is 1. The van der Waals surface area contributed by atoms with Gasteiger partial charge in [0.05, 0.1) is 5.69 Å². The number of hydrogen-bond donors (Lipinski definition) is 2. The molecule has 0 aliphatic carbocycles. The predicted octanol–water partition coefficient (Wildman–Crippen LogP) is 6.14. The number of para-hydroxylation sites is 1. The second-order valence-corrected chi connectivity index (χ2v) is 6.55. The van der Waals surface area contributed by atoms with Gasteiger partial charge >= 0.3 is 6.03 Å². The molecule has 0 unspecified atom stereocenters. The van der Waals surface area contributed by atoms with E-state index < -0.39 is 0 Å². The molecule has 0 radical (unpaired) electrons. The molecule has 0 saturated carbocycles. The summed E-state index contributed by atoms with van der Waals surface area (Å²) >= 11 is 7.53. The molecule has 0 fully saturated rings. The molecule has 3 aromatic carbocycles. The lowest BCUT2D eigenvalue weighted by molar-refractivity contribution is 0.262. The van der Waals surface area contributed by atoms with Crippen LogP contribution in [0.4, 0.5) is 16.2 Å². The lowest BCUT2D eigenvalue weighted by atomic mass is 10.3. The van der Waals surface area contributed by atoms with E-state index in [1.54, 1.807) is 36.0 Å². The summed E-state index contributed by atoms with van der Waals surface area (Å²) < 4.78 is 0. The van der Waals surface area contributed by atoms with E-state index >= 15 is 0 Å². The van der Waals surface area contributed by atoms with Crippen molar-refractivity contribution in [3.05, 3.63) is 83.9 Å². The van der Waals surface area contributed by atoms with Crippen LogP contribution in [0.25, 0.3) is 0 Å². The average Bonchev–Trinajstić information content (AvgIpc) is 2.57. The number of amides is 2. The van der Waals surface area contributed by atoms with E-state index in [0.717, 1.165) is 15.5 Å². The molecule has 2 N–H and O–H groups in total. The second-order valence-electron chi connectivity index (χ2n) is 5.00. The van der Waals surface area contributed by atoms with E-state index in [0.29, 0.717) is 10.7 Å². The van der Waals surface area contributed by atoms with Crippen LogP contribution < -0.4 is 10.6 Å². The second kappa shape index (κ2) is 7.90. The van der Waals surface area contributed by atoms with Gasteiger partial charge in [0.2, 0.25) is 0 Å². The fourth-order valence-electron chi connectivity index (χ4n) is 2.13. The van der Waals surface area contributed by atoms with Gasteiger partial charge in [0, 0.05) is 20.5 Å². The third kappa shape index (κ3) is 4.54. The fourth-order valence-corrected chi connectivity index (χ4v) is 3.24. The molecule has 0 spiro atoms. The minimum Gasteiger partial charge on any atom is -0.308 e. The molecule has 0 aliphatic rings. The molecule has 0 atom stereocenters. The van der Waals surface area contributed by atoms with Gasteiger partial charge in [-0.05, 0) is 42.5 Å². The summed E-state index contributed by atoms with van der Waals surface area (Å²) in [6, 6.07) is 24.5. The number of hydrogen-bond acceptors (Lipinski definition) is 2. The van der Waals surface area contributed by atoms with Crippen LogP contribution in [-0.4, -0.2) is 6.03 Å². The van der Waals surface area contributed by atoms with Crippen molar-refractivity contribution in [2.75, 3.05) is 10.6 Å². The molecule has 0 heterocycles. The first-order chi connectivity index (χ1) is 11.7. The largest absolute Gasteiger partial charge is 0.323 e. The Labute approximate surface area is 150 Å². The van der Waals surface area contributed by atoms with Crippen molar-refractivity contribution in [1.29, 1.82) is 0 Å². The van der Waals surface area contributed by atoms with Crippen LogP contribution in [0.3, 0.4) is 0 Å². The van der Waals surface area contributed by atoms with Crippen molar-refractivity contribution in [2.45, 2.75) is 9.79 Å². The van der Waals surface area contributed by atoms with Gasteiger partial charge in [-0.1, -0.05) is 59.8 Å². The lowest BCUT2D eigenvalue weighted by Crippen LogP contribution is -2.19. The molecular weight excluding hydrogens is 340 g/mol. The lowest BCUT2D eigenvalue weighted by Gasteiger charge is -2.12. The number of halogens is 1. The maximum atomic E-state index is 12.2. The molecule has 24 heavy (non-hydrogen) atoms. The van der Waals surface area contributed by atoms with Crippen LogP contribution in [0.1, 0.15) is 0 Å². The minimum absolute atomic E-state index is 0.307. The molecule has 0 bridgehead atoms. The van der Waals surface area contributed by atoms with Crippen molar-refractivity contribution < 1.29 is 4.79 Å². The topological polar surface area (TPSA) is 41.1 Å². The number of urea groups is 1. The number of anilines is 2. The summed E-state index contributed by atoms with van der Waals surface area (Å²) in [6.45, 7) is 0. The Kier molecular flexibility index (Phi) is 5.41. The van der Waals surface area contributed by atoms with Gasteiger partial charge in [0.1, 0.15) is 0 Å². The van der Waals surface area contributed by atoms with Crippen LogP contribution >= 0.6 is 23.4 Å². The summed E-state index contributed by atoms with van der Waals surface area (Å²) in [6.07, 6.45) is 0. The number of benzene rings is 3. The Morgan fingerprint density at radius 3 is 2.38 bits per heavy atom. The van der Waals surface area contributed by atoms with Crippen molar-refractivity contribution >= 4 is 40.8 Å². The number of carbonyl (C=O) groups is 1. The van der Waals surface area contributed by atoms with E-state index in [9.17, 15) is 4.79 Å². The summed E-state index contributed by atoms with van der Waals surface area (Å²) in [5, 5.41) is 6.24. The van der Waals surface area contributed by atoms with Gasteiger partial charge in [-0.25, -0.2) is 4.79 Å². The Morgan fingerprint density at radius 1 is 0.833 bits per heavy atom. The maximum absolute atomic E-state index is 12.2. The Morgan fingerprint density at radius 2 is 1.58 bits per heavy atom. The minimum atomic E-state index is -0.307. The van der Waals surface area contributed by atoms with Gasteiger partial charge in [-0.15, -0.1) is 0 Å². The predicted molar refractivity (Wildman–Crippen MR) is 101 cm³/mol. The molecule has 5 heteroatoms. The quantitative estimate of drug-likeness (QED) is 0.591. The summed E-state index contributed by atoms with van der Waals surface area (Å²) in [4.78, 5) is 14.3. The molecule has 3 aromatic rings. The molecular formula is C19H15ClN2OS. The highest BCUT2D eigenvalue weighted by Crippen LogP contribution is 2.33. The van der Waals surface area contributed by atoms with E-state index in [2.05, 4.69) is 10.6 Å². The highest BCUT2D eigenvalue weighted by Gasteiger charge is 2.08. The zero-order valence-corrected chi connectivity index (χ0v) is 14.3. The highest BCUT2D eigenvalue weighted by atomic mass is 35.5. The first kappa shape index (κ1) is 16.4. The van der Waals surface area contributed by atoms with E-state index in [-0.39, 0.29) is 6.03 Å².